The van der Waals surface area contributed by atoms with Gasteiger partial charge in [0.1, 0.15) is 0 Å². The molecule has 3 heteroatoms. The molecule has 1 heterocycles. The molecule has 1 saturated carbocycles. The highest BCUT2D eigenvalue weighted by Gasteiger charge is 2.21. The Morgan fingerprint density at radius 2 is 1.89 bits per heavy atom. The molecule has 19 heavy (non-hydrogen) atoms. The lowest BCUT2D eigenvalue weighted by Gasteiger charge is -2.06. The second kappa shape index (κ2) is 7.09. The number of unbranched alkanes of at least 4 members (excludes halogenated alkanes) is 4. The van der Waals surface area contributed by atoms with Crippen molar-refractivity contribution in [3.05, 3.63) is 17.0 Å². The van der Waals surface area contributed by atoms with Crippen molar-refractivity contribution in [3.8, 4) is 0 Å². The van der Waals surface area contributed by atoms with Crippen LogP contribution in [0.25, 0.3) is 0 Å². The van der Waals surface area contributed by atoms with Crippen LogP contribution >= 0.6 is 0 Å². The predicted molar refractivity (Wildman–Crippen MR) is 80.3 cm³/mol. The summed E-state index contributed by atoms with van der Waals surface area (Å²) in [6.07, 6.45) is 9.35. The summed E-state index contributed by atoms with van der Waals surface area (Å²) in [7, 11) is 0. The van der Waals surface area contributed by atoms with Gasteiger partial charge in [-0.05, 0) is 33.1 Å². The minimum absolute atomic E-state index is 0.774. The summed E-state index contributed by atoms with van der Waals surface area (Å²) < 4.78 is 2.21. The minimum atomic E-state index is 0.774. The third-order valence-corrected chi connectivity index (χ3v) is 4.15. The zero-order chi connectivity index (χ0) is 13.7. The van der Waals surface area contributed by atoms with Crippen molar-refractivity contribution in [2.45, 2.75) is 84.8 Å². The van der Waals surface area contributed by atoms with E-state index in [1.54, 1.807) is 0 Å². The molecule has 0 aromatic carbocycles. The van der Waals surface area contributed by atoms with Crippen LogP contribution < -0.4 is 5.32 Å². The Bertz CT molecular complexity index is 391. The van der Waals surface area contributed by atoms with Gasteiger partial charge in [0.05, 0.1) is 5.69 Å². The lowest BCUT2D eigenvalue weighted by Crippen LogP contribution is -2.16. The van der Waals surface area contributed by atoms with E-state index in [0.717, 1.165) is 19.1 Å². The summed E-state index contributed by atoms with van der Waals surface area (Å²) in [6, 6.07) is 0.774. The van der Waals surface area contributed by atoms with Crippen LogP contribution in [0.3, 0.4) is 0 Å². The van der Waals surface area contributed by atoms with E-state index in [1.165, 1.54) is 61.9 Å². The van der Waals surface area contributed by atoms with E-state index in [9.17, 15) is 0 Å². The predicted octanol–water partition coefficient (Wildman–Crippen LogP) is 3.72. The SMILES string of the molecule is CCCCCCCn1nc(C)c(CNC2CC2)c1C. The van der Waals surface area contributed by atoms with Crippen LogP contribution in [-0.2, 0) is 13.1 Å². The highest BCUT2D eigenvalue weighted by atomic mass is 15.3. The van der Waals surface area contributed by atoms with Gasteiger partial charge in [-0.3, -0.25) is 4.68 Å². The van der Waals surface area contributed by atoms with E-state index in [1.807, 2.05) is 0 Å². The second-order valence-corrected chi connectivity index (χ2v) is 5.94. The van der Waals surface area contributed by atoms with Crippen LogP contribution in [0.15, 0.2) is 0 Å². The van der Waals surface area contributed by atoms with Gasteiger partial charge in [0.15, 0.2) is 0 Å². The minimum Gasteiger partial charge on any atom is -0.310 e. The first-order valence-corrected chi connectivity index (χ1v) is 7.98. The van der Waals surface area contributed by atoms with Crippen LogP contribution in [0, 0.1) is 13.8 Å². The average Bonchev–Trinajstić information content (AvgIpc) is 3.17. The molecule has 3 nitrogen and oxygen atoms in total. The molecule has 0 spiro atoms. The first-order valence-electron chi connectivity index (χ1n) is 7.98. The summed E-state index contributed by atoms with van der Waals surface area (Å²) in [4.78, 5) is 0. The van der Waals surface area contributed by atoms with E-state index >= 15 is 0 Å². The van der Waals surface area contributed by atoms with Crippen LogP contribution in [0.5, 0.6) is 0 Å². The first-order chi connectivity index (χ1) is 9.22. The standard InChI is InChI=1S/C16H29N3/c1-4-5-6-7-8-11-19-14(3)16(13(2)18-19)12-17-15-9-10-15/h15,17H,4-12H2,1-3H3. The van der Waals surface area contributed by atoms with Gasteiger partial charge in [0.25, 0.3) is 0 Å². The molecule has 0 atom stereocenters. The molecule has 1 fully saturated rings. The fourth-order valence-electron chi connectivity index (χ4n) is 2.61. The van der Waals surface area contributed by atoms with Crippen LogP contribution in [0.1, 0.15) is 68.8 Å². The van der Waals surface area contributed by atoms with Gasteiger partial charge in [-0.15, -0.1) is 0 Å². The molecule has 1 aliphatic rings. The molecule has 0 aliphatic heterocycles. The number of nitrogens with zero attached hydrogens (tertiary/aromatic N) is 2. The van der Waals surface area contributed by atoms with Crippen molar-refractivity contribution in [3.63, 3.8) is 0 Å². The quantitative estimate of drug-likeness (QED) is 0.688. The summed E-state index contributed by atoms with van der Waals surface area (Å²) in [5, 5.41) is 8.30. The highest BCUT2D eigenvalue weighted by Crippen LogP contribution is 2.21. The Kier molecular flexibility index (Phi) is 5.44. The number of hydrogen-bond acceptors (Lipinski definition) is 2. The molecule has 1 aromatic rings. The molecule has 108 valence electrons. The van der Waals surface area contributed by atoms with Gasteiger partial charge >= 0.3 is 0 Å². The Morgan fingerprint density at radius 3 is 2.58 bits per heavy atom. The number of hydrogen-bond donors (Lipinski definition) is 1. The molecule has 1 aliphatic carbocycles. The highest BCUT2D eigenvalue weighted by molar-refractivity contribution is 5.24. The fourth-order valence-corrected chi connectivity index (χ4v) is 2.61. The zero-order valence-corrected chi connectivity index (χ0v) is 12.8. The molecule has 0 unspecified atom stereocenters. The molecule has 1 N–H and O–H groups in total. The Balaban J connectivity index is 1.80. The van der Waals surface area contributed by atoms with E-state index in [4.69, 9.17) is 5.10 Å². The molecule has 0 bridgehead atoms. The summed E-state index contributed by atoms with van der Waals surface area (Å²) in [6.45, 7) is 8.71. The fraction of sp³-hybridized carbons (Fsp3) is 0.812. The van der Waals surface area contributed by atoms with Crippen LogP contribution in [0.2, 0.25) is 0 Å². The molecule has 0 radical (unpaired) electrons. The molecule has 1 aromatic heterocycles. The smallest absolute Gasteiger partial charge is 0.0641 e. The molecule has 0 amide bonds. The number of aryl methyl sites for hydroxylation is 2. The lowest BCUT2D eigenvalue weighted by atomic mass is 10.1. The van der Waals surface area contributed by atoms with E-state index < -0.39 is 0 Å². The lowest BCUT2D eigenvalue weighted by molar-refractivity contribution is 0.522. The van der Waals surface area contributed by atoms with Crippen LogP contribution in [0.4, 0.5) is 0 Å². The number of nitrogens with one attached hydrogen (secondary N) is 1. The molecule has 2 rings (SSSR count). The van der Waals surface area contributed by atoms with Crippen molar-refractivity contribution in [2.24, 2.45) is 0 Å². The maximum atomic E-state index is 4.70. The Morgan fingerprint density at radius 1 is 1.16 bits per heavy atom. The summed E-state index contributed by atoms with van der Waals surface area (Å²) in [5.41, 5.74) is 3.99. The van der Waals surface area contributed by atoms with Crippen molar-refractivity contribution < 1.29 is 0 Å². The topological polar surface area (TPSA) is 29.9 Å². The monoisotopic (exact) mass is 263 g/mol. The zero-order valence-electron chi connectivity index (χ0n) is 12.8. The summed E-state index contributed by atoms with van der Waals surface area (Å²) >= 11 is 0. The summed E-state index contributed by atoms with van der Waals surface area (Å²) in [5.74, 6) is 0. The molecule has 0 saturated heterocycles. The van der Waals surface area contributed by atoms with Gasteiger partial charge in [-0.25, -0.2) is 0 Å². The van der Waals surface area contributed by atoms with Gasteiger partial charge < -0.3 is 5.32 Å². The first kappa shape index (κ1) is 14.6. The maximum absolute atomic E-state index is 4.70. The van der Waals surface area contributed by atoms with Crippen molar-refractivity contribution >= 4 is 0 Å². The second-order valence-electron chi connectivity index (χ2n) is 5.94. The average molecular weight is 263 g/mol. The maximum Gasteiger partial charge on any atom is 0.0641 e. The Hall–Kier alpha value is -0.830. The van der Waals surface area contributed by atoms with Gasteiger partial charge in [0, 0.05) is 30.4 Å². The largest absolute Gasteiger partial charge is 0.310 e. The van der Waals surface area contributed by atoms with E-state index in [0.29, 0.717) is 0 Å². The normalized spacial score (nSPS) is 15.1. The van der Waals surface area contributed by atoms with Crippen LogP contribution in [-0.4, -0.2) is 15.8 Å². The van der Waals surface area contributed by atoms with Crippen molar-refractivity contribution in [1.82, 2.24) is 15.1 Å². The van der Waals surface area contributed by atoms with Gasteiger partial charge in [-0.2, -0.15) is 5.10 Å². The van der Waals surface area contributed by atoms with Gasteiger partial charge in [0.2, 0.25) is 0 Å². The third-order valence-electron chi connectivity index (χ3n) is 4.15. The van der Waals surface area contributed by atoms with Crippen molar-refractivity contribution in [2.75, 3.05) is 0 Å². The number of aromatic nitrogens is 2. The van der Waals surface area contributed by atoms with Gasteiger partial charge in [-0.1, -0.05) is 32.6 Å². The third kappa shape index (κ3) is 4.34. The molecular formula is C16H29N3. The van der Waals surface area contributed by atoms with E-state index in [-0.39, 0.29) is 0 Å². The van der Waals surface area contributed by atoms with Crippen molar-refractivity contribution in [1.29, 1.82) is 0 Å². The molecular weight excluding hydrogens is 234 g/mol. The van der Waals surface area contributed by atoms with E-state index in [2.05, 4.69) is 30.8 Å². The Labute approximate surface area is 117 Å². The number of rotatable bonds is 9.